The van der Waals surface area contributed by atoms with Gasteiger partial charge in [0, 0.05) is 20.7 Å². The van der Waals surface area contributed by atoms with Gasteiger partial charge in [0.15, 0.2) is 0 Å². The molecule has 1 aliphatic heterocycles. The lowest BCUT2D eigenvalue weighted by Gasteiger charge is -2.33. The van der Waals surface area contributed by atoms with Crippen molar-refractivity contribution in [1.29, 1.82) is 0 Å². The lowest BCUT2D eigenvalue weighted by Crippen LogP contribution is -2.49. The molecule has 1 aromatic heterocycles. The molecule has 1 spiro atoms. The van der Waals surface area contributed by atoms with Crippen LogP contribution in [0.1, 0.15) is 62.9 Å². The highest BCUT2D eigenvalue weighted by Crippen LogP contribution is 2.53. The molecule has 1 N–H and O–H groups in total. The number of piperidine rings is 1. The second kappa shape index (κ2) is 8.01. The zero-order chi connectivity index (χ0) is 20.4. The highest BCUT2D eigenvalue weighted by molar-refractivity contribution is 5.98. The standard InChI is InChI=1S/C23H29N3O3.H2/c1-16(22(28)26-12-10-23(8-9-23)11-13-26)25-21(27)18-14-19(29-2)20(24-15-18)17-6-4-3-5-7-17;/h4,6-7,14-16H,3,5,8-13H2,1-2H3,(H,25,27);1H/t16-;/m1./s1. The number of hydrogen-bond donors (Lipinski definition) is 1. The summed E-state index contributed by atoms with van der Waals surface area (Å²) in [6.07, 6.45) is 14.6. The van der Waals surface area contributed by atoms with Crippen molar-refractivity contribution < 1.29 is 15.8 Å². The van der Waals surface area contributed by atoms with Crippen LogP contribution < -0.4 is 10.1 Å². The second-order valence-corrected chi connectivity index (χ2v) is 8.43. The van der Waals surface area contributed by atoms with Crippen LogP contribution in [0.2, 0.25) is 0 Å². The van der Waals surface area contributed by atoms with E-state index < -0.39 is 6.04 Å². The minimum atomic E-state index is -0.564. The van der Waals surface area contributed by atoms with Crippen molar-refractivity contribution in [2.45, 2.75) is 51.5 Å². The third-order valence-electron chi connectivity index (χ3n) is 6.41. The van der Waals surface area contributed by atoms with Crippen LogP contribution in [0.25, 0.3) is 5.57 Å². The maximum absolute atomic E-state index is 12.7. The molecule has 1 aromatic rings. The maximum Gasteiger partial charge on any atom is 0.253 e. The van der Waals surface area contributed by atoms with Gasteiger partial charge in [0.05, 0.1) is 12.7 Å². The number of carbonyl (C=O) groups excluding carboxylic acids is 2. The Morgan fingerprint density at radius 2 is 2.00 bits per heavy atom. The van der Waals surface area contributed by atoms with E-state index in [9.17, 15) is 9.59 Å². The number of amides is 2. The predicted molar refractivity (Wildman–Crippen MR) is 114 cm³/mol. The number of carbonyl (C=O) groups is 2. The van der Waals surface area contributed by atoms with Crippen LogP contribution >= 0.6 is 0 Å². The van der Waals surface area contributed by atoms with E-state index in [2.05, 4.69) is 22.5 Å². The van der Waals surface area contributed by atoms with Gasteiger partial charge in [-0.15, -0.1) is 0 Å². The first kappa shape index (κ1) is 19.7. The topological polar surface area (TPSA) is 71.5 Å². The first-order valence-corrected chi connectivity index (χ1v) is 10.5. The number of methoxy groups -OCH3 is 1. The van der Waals surface area contributed by atoms with Crippen molar-refractivity contribution in [1.82, 2.24) is 15.2 Å². The van der Waals surface area contributed by atoms with E-state index in [4.69, 9.17) is 4.74 Å². The molecule has 1 saturated carbocycles. The number of hydrogen-bond acceptors (Lipinski definition) is 4. The fraction of sp³-hybridized carbons (Fsp3) is 0.522. The molecule has 6 heteroatoms. The quantitative estimate of drug-likeness (QED) is 0.824. The lowest BCUT2D eigenvalue weighted by molar-refractivity contribution is -0.134. The summed E-state index contributed by atoms with van der Waals surface area (Å²) >= 11 is 0. The summed E-state index contributed by atoms with van der Waals surface area (Å²) in [4.78, 5) is 31.8. The molecular formula is C23H31N3O3. The summed E-state index contributed by atoms with van der Waals surface area (Å²) in [5.41, 5.74) is 2.64. The van der Waals surface area contributed by atoms with Crippen LogP contribution in [0.15, 0.2) is 30.5 Å². The van der Waals surface area contributed by atoms with Crippen molar-refractivity contribution in [3.8, 4) is 5.75 Å². The summed E-state index contributed by atoms with van der Waals surface area (Å²) in [6.45, 7) is 3.34. The summed E-state index contributed by atoms with van der Waals surface area (Å²) in [6, 6.07) is 1.13. The first-order chi connectivity index (χ1) is 14.0. The molecule has 2 fully saturated rings. The highest BCUT2D eigenvalue weighted by Gasteiger charge is 2.45. The number of allylic oxidation sites excluding steroid dienone is 4. The average Bonchev–Trinajstić information content (AvgIpc) is 3.52. The maximum atomic E-state index is 12.7. The SMILES string of the molecule is COc1cc(C(=O)N[C@H](C)C(=O)N2CCC3(CC2)CC3)cnc1C1=CCCC=C1.[HH]. The van der Waals surface area contributed by atoms with Crippen LogP contribution in [-0.2, 0) is 4.79 Å². The van der Waals surface area contributed by atoms with E-state index in [-0.39, 0.29) is 13.2 Å². The molecule has 3 aliphatic rings. The second-order valence-electron chi connectivity index (χ2n) is 8.43. The van der Waals surface area contributed by atoms with Gasteiger partial charge >= 0.3 is 0 Å². The fourth-order valence-corrected chi connectivity index (χ4v) is 4.22. The Hall–Kier alpha value is -2.63. The molecule has 156 valence electrons. The first-order valence-electron chi connectivity index (χ1n) is 10.5. The van der Waals surface area contributed by atoms with Gasteiger partial charge in [0.25, 0.3) is 5.91 Å². The molecule has 1 atom stereocenters. The van der Waals surface area contributed by atoms with E-state index >= 15 is 0 Å². The fourth-order valence-electron chi connectivity index (χ4n) is 4.22. The Morgan fingerprint density at radius 1 is 1.24 bits per heavy atom. The van der Waals surface area contributed by atoms with Crippen molar-refractivity contribution in [3.05, 3.63) is 41.7 Å². The third-order valence-corrected chi connectivity index (χ3v) is 6.41. The molecule has 2 aliphatic carbocycles. The largest absolute Gasteiger partial charge is 0.494 e. The number of aromatic nitrogens is 1. The number of pyridine rings is 1. The number of nitrogens with one attached hydrogen (secondary N) is 1. The van der Waals surface area contributed by atoms with E-state index in [1.165, 1.54) is 12.8 Å². The Morgan fingerprint density at radius 3 is 2.62 bits per heavy atom. The monoisotopic (exact) mass is 397 g/mol. The van der Waals surface area contributed by atoms with E-state index in [1.54, 1.807) is 26.3 Å². The average molecular weight is 398 g/mol. The number of ether oxygens (including phenoxy) is 1. The molecule has 2 amide bonds. The Bertz CT molecular complexity index is 866. The van der Waals surface area contributed by atoms with E-state index in [0.29, 0.717) is 16.7 Å². The molecule has 0 radical (unpaired) electrons. The number of rotatable bonds is 5. The van der Waals surface area contributed by atoms with Crippen molar-refractivity contribution in [3.63, 3.8) is 0 Å². The molecule has 29 heavy (non-hydrogen) atoms. The molecule has 0 bridgehead atoms. The van der Waals surface area contributed by atoms with Gasteiger partial charge in [0.1, 0.15) is 17.5 Å². The van der Waals surface area contributed by atoms with Crippen LogP contribution in [0, 0.1) is 5.41 Å². The van der Waals surface area contributed by atoms with Crippen LogP contribution in [0.4, 0.5) is 0 Å². The molecule has 6 nitrogen and oxygen atoms in total. The Labute approximate surface area is 173 Å². The minimum Gasteiger partial charge on any atom is -0.494 e. The number of nitrogens with zero attached hydrogens (tertiary/aromatic N) is 2. The van der Waals surface area contributed by atoms with Crippen LogP contribution in [-0.4, -0.2) is 47.9 Å². The van der Waals surface area contributed by atoms with Crippen molar-refractivity contribution >= 4 is 17.4 Å². The van der Waals surface area contributed by atoms with Gasteiger partial charge in [0.2, 0.25) is 5.91 Å². The molecule has 2 heterocycles. The summed E-state index contributed by atoms with van der Waals surface area (Å²) in [5.74, 6) is 0.232. The normalized spacial score (nSPS) is 20.8. The van der Waals surface area contributed by atoms with Gasteiger partial charge in [-0.2, -0.15) is 0 Å². The smallest absolute Gasteiger partial charge is 0.253 e. The summed E-state index contributed by atoms with van der Waals surface area (Å²) < 4.78 is 5.47. The Kier molecular flexibility index (Phi) is 5.43. The minimum absolute atomic E-state index is 0. The van der Waals surface area contributed by atoms with Crippen LogP contribution in [0.5, 0.6) is 5.75 Å². The van der Waals surface area contributed by atoms with Gasteiger partial charge in [-0.25, -0.2) is 0 Å². The van der Waals surface area contributed by atoms with Crippen molar-refractivity contribution in [2.75, 3.05) is 20.2 Å². The number of likely N-dealkylation sites (tertiary alicyclic amines) is 1. The van der Waals surface area contributed by atoms with Gasteiger partial charge in [-0.3, -0.25) is 14.6 Å². The zero-order valence-electron chi connectivity index (χ0n) is 17.2. The van der Waals surface area contributed by atoms with Gasteiger partial charge in [-0.1, -0.05) is 18.2 Å². The lowest BCUT2D eigenvalue weighted by atomic mass is 9.93. The van der Waals surface area contributed by atoms with Gasteiger partial charge in [-0.05, 0) is 62.5 Å². The summed E-state index contributed by atoms with van der Waals surface area (Å²) in [7, 11) is 1.57. The Balaban J connectivity index is 0.00000256. The predicted octanol–water partition coefficient (Wildman–Crippen LogP) is 3.59. The van der Waals surface area contributed by atoms with E-state index in [1.807, 2.05) is 11.0 Å². The molecular weight excluding hydrogens is 366 g/mol. The third kappa shape index (κ3) is 4.21. The molecule has 1 saturated heterocycles. The highest BCUT2D eigenvalue weighted by atomic mass is 16.5. The summed E-state index contributed by atoms with van der Waals surface area (Å²) in [5, 5.41) is 2.83. The molecule has 0 unspecified atom stereocenters. The van der Waals surface area contributed by atoms with Gasteiger partial charge < -0.3 is 15.0 Å². The molecule has 0 aromatic carbocycles. The van der Waals surface area contributed by atoms with Crippen LogP contribution in [0.3, 0.4) is 0 Å². The zero-order valence-corrected chi connectivity index (χ0v) is 17.2. The van der Waals surface area contributed by atoms with E-state index in [0.717, 1.165) is 50.0 Å². The molecule has 4 rings (SSSR count). The van der Waals surface area contributed by atoms with Crippen molar-refractivity contribution in [2.24, 2.45) is 5.41 Å².